The van der Waals surface area contributed by atoms with Crippen molar-refractivity contribution >= 4 is 39.9 Å². The van der Waals surface area contributed by atoms with Crippen molar-refractivity contribution in [3.05, 3.63) is 48.5 Å². The highest BCUT2D eigenvalue weighted by atomic mass is 32.1. The van der Waals surface area contributed by atoms with Gasteiger partial charge in [0.25, 0.3) is 5.91 Å². The molecule has 0 radical (unpaired) electrons. The van der Waals surface area contributed by atoms with Crippen LogP contribution in [0.4, 0.5) is 5.69 Å². The highest BCUT2D eigenvalue weighted by molar-refractivity contribution is 7.80. The summed E-state index contributed by atoms with van der Waals surface area (Å²) in [6.07, 6.45) is 6.04. The summed E-state index contributed by atoms with van der Waals surface area (Å²) < 4.78 is 11.1. The maximum absolute atomic E-state index is 12.3. The van der Waals surface area contributed by atoms with Gasteiger partial charge in [-0.15, -0.1) is 0 Å². The quantitative estimate of drug-likeness (QED) is 0.404. The van der Waals surface area contributed by atoms with Crippen LogP contribution in [0.5, 0.6) is 11.5 Å². The van der Waals surface area contributed by atoms with E-state index >= 15 is 0 Å². The Morgan fingerprint density at radius 1 is 1.25 bits per heavy atom. The molecule has 2 heterocycles. The number of carbonyl (C=O) groups excluding carboxylic acids is 1. The fourth-order valence-electron chi connectivity index (χ4n) is 2.56. The van der Waals surface area contributed by atoms with Crippen molar-refractivity contribution in [3.63, 3.8) is 0 Å². The van der Waals surface area contributed by atoms with E-state index < -0.39 is 5.91 Å². The first-order valence-electron chi connectivity index (χ1n) is 8.98. The van der Waals surface area contributed by atoms with Gasteiger partial charge in [0.15, 0.2) is 16.5 Å². The molecule has 146 valence electrons. The van der Waals surface area contributed by atoms with Crippen LogP contribution in [0.2, 0.25) is 0 Å². The standard InChI is InChI=1S/C20H21N3O4S/c1-2-3-4-9-26-14-7-5-13(6-8-14)22-20(28)23-19(25)17-10-15-16(24)11-21-12-18(15)27-17/h5-8,10-12,24H,2-4,9H2,1H3,(H2,22,23,25,28). The first-order chi connectivity index (χ1) is 13.6. The smallest absolute Gasteiger partial charge is 0.293 e. The van der Waals surface area contributed by atoms with Crippen LogP contribution < -0.4 is 15.4 Å². The fourth-order valence-corrected chi connectivity index (χ4v) is 2.77. The Morgan fingerprint density at radius 2 is 2.04 bits per heavy atom. The number of hydrogen-bond acceptors (Lipinski definition) is 6. The van der Waals surface area contributed by atoms with E-state index in [1.807, 2.05) is 24.3 Å². The van der Waals surface area contributed by atoms with Crippen molar-refractivity contribution < 1.29 is 19.1 Å². The molecule has 3 aromatic rings. The number of nitrogens with one attached hydrogen (secondary N) is 2. The van der Waals surface area contributed by atoms with E-state index in [4.69, 9.17) is 21.4 Å². The molecule has 0 fully saturated rings. The second kappa shape index (κ2) is 9.18. The van der Waals surface area contributed by atoms with Gasteiger partial charge in [0.1, 0.15) is 11.5 Å². The summed E-state index contributed by atoms with van der Waals surface area (Å²) in [5, 5.41) is 15.8. The predicted molar refractivity (Wildman–Crippen MR) is 111 cm³/mol. The number of anilines is 1. The number of hydrogen-bond donors (Lipinski definition) is 3. The highest BCUT2D eigenvalue weighted by Gasteiger charge is 2.15. The molecular formula is C20H21N3O4S. The number of pyridine rings is 1. The minimum atomic E-state index is -0.524. The van der Waals surface area contributed by atoms with E-state index in [9.17, 15) is 9.90 Å². The van der Waals surface area contributed by atoms with Crippen molar-refractivity contribution in [2.75, 3.05) is 11.9 Å². The van der Waals surface area contributed by atoms with Crippen LogP contribution in [0.1, 0.15) is 36.7 Å². The lowest BCUT2D eigenvalue weighted by molar-refractivity contribution is 0.0953. The van der Waals surface area contributed by atoms with Crippen LogP contribution in [0, 0.1) is 0 Å². The fraction of sp³-hybridized carbons (Fsp3) is 0.250. The molecule has 28 heavy (non-hydrogen) atoms. The lowest BCUT2D eigenvalue weighted by atomic mass is 10.2. The number of ether oxygens (including phenoxy) is 1. The number of aromatic hydroxyl groups is 1. The molecule has 0 bridgehead atoms. The lowest BCUT2D eigenvalue weighted by Crippen LogP contribution is -2.33. The van der Waals surface area contributed by atoms with E-state index in [2.05, 4.69) is 22.5 Å². The molecule has 3 N–H and O–H groups in total. The summed E-state index contributed by atoms with van der Waals surface area (Å²) in [5.41, 5.74) is 1.04. The van der Waals surface area contributed by atoms with Gasteiger partial charge in [0.2, 0.25) is 0 Å². The molecule has 0 saturated heterocycles. The lowest BCUT2D eigenvalue weighted by Gasteiger charge is -2.10. The van der Waals surface area contributed by atoms with Gasteiger partial charge in [0, 0.05) is 11.8 Å². The number of nitrogens with zero attached hydrogens (tertiary/aromatic N) is 1. The molecule has 1 amide bonds. The summed E-state index contributed by atoms with van der Waals surface area (Å²) in [6.45, 7) is 2.84. The van der Waals surface area contributed by atoms with Gasteiger partial charge in [-0.3, -0.25) is 15.1 Å². The van der Waals surface area contributed by atoms with Crippen LogP contribution in [0.3, 0.4) is 0 Å². The Bertz CT molecular complexity index is 969. The maximum Gasteiger partial charge on any atom is 0.293 e. The van der Waals surface area contributed by atoms with Gasteiger partial charge < -0.3 is 19.6 Å². The maximum atomic E-state index is 12.3. The SMILES string of the molecule is CCCCCOc1ccc(NC(=S)NC(=O)c2cc3c(O)cncc3o2)cc1. The van der Waals surface area contributed by atoms with Gasteiger partial charge >= 0.3 is 0 Å². The highest BCUT2D eigenvalue weighted by Crippen LogP contribution is 2.26. The first-order valence-corrected chi connectivity index (χ1v) is 9.39. The molecule has 3 rings (SSSR count). The summed E-state index contributed by atoms with van der Waals surface area (Å²) in [6, 6.07) is 8.76. The molecule has 7 nitrogen and oxygen atoms in total. The third-order valence-corrected chi connectivity index (χ3v) is 4.21. The van der Waals surface area contributed by atoms with Crippen LogP contribution in [-0.4, -0.2) is 27.7 Å². The number of rotatable bonds is 7. The van der Waals surface area contributed by atoms with Crippen molar-refractivity contribution in [2.45, 2.75) is 26.2 Å². The minimum Gasteiger partial charge on any atom is -0.506 e. The Labute approximate surface area is 167 Å². The molecule has 0 aliphatic rings. The van der Waals surface area contributed by atoms with Gasteiger partial charge in [-0.05, 0) is 42.9 Å². The molecule has 2 aromatic heterocycles. The zero-order valence-corrected chi connectivity index (χ0v) is 16.2. The Hall–Kier alpha value is -3.13. The molecular weight excluding hydrogens is 378 g/mol. The second-order valence-corrected chi connectivity index (χ2v) is 6.58. The monoisotopic (exact) mass is 399 g/mol. The first kappa shape index (κ1) is 19.6. The topological polar surface area (TPSA) is 96.6 Å². The molecule has 0 atom stereocenters. The number of unbranched alkanes of at least 4 members (excludes halogenated alkanes) is 2. The Morgan fingerprint density at radius 3 is 2.75 bits per heavy atom. The Balaban J connectivity index is 1.54. The summed E-state index contributed by atoms with van der Waals surface area (Å²) >= 11 is 5.17. The average Bonchev–Trinajstić information content (AvgIpc) is 3.12. The summed E-state index contributed by atoms with van der Waals surface area (Å²) in [7, 11) is 0. The number of carbonyl (C=O) groups is 1. The van der Waals surface area contributed by atoms with Gasteiger partial charge in [-0.2, -0.15) is 0 Å². The van der Waals surface area contributed by atoms with E-state index in [1.54, 1.807) is 0 Å². The van der Waals surface area contributed by atoms with E-state index in [0.29, 0.717) is 17.6 Å². The van der Waals surface area contributed by atoms with Crippen molar-refractivity contribution in [1.29, 1.82) is 0 Å². The predicted octanol–water partition coefficient (Wildman–Crippen LogP) is 4.23. The number of benzene rings is 1. The van der Waals surface area contributed by atoms with E-state index in [0.717, 1.165) is 30.7 Å². The van der Waals surface area contributed by atoms with Crippen LogP contribution in [0.15, 0.2) is 47.1 Å². The normalized spacial score (nSPS) is 10.6. The number of thiocarbonyl (C=S) groups is 1. The zero-order chi connectivity index (χ0) is 19.9. The van der Waals surface area contributed by atoms with Gasteiger partial charge in [-0.25, -0.2) is 0 Å². The largest absolute Gasteiger partial charge is 0.506 e. The van der Waals surface area contributed by atoms with Crippen LogP contribution in [-0.2, 0) is 0 Å². The van der Waals surface area contributed by atoms with E-state index in [-0.39, 0.29) is 16.6 Å². The van der Waals surface area contributed by atoms with Crippen LogP contribution >= 0.6 is 12.2 Å². The molecule has 0 aliphatic carbocycles. The number of fused-ring (bicyclic) bond motifs is 1. The van der Waals surface area contributed by atoms with E-state index in [1.165, 1.54) is 18.5 Å². The molecule has 0 unspecified atom stereocenters. The zero-order valence-electron chi connectivity index (χ0n) is 15.4. The molecule has 8 heteroatoms. The van der Waals surface area contributed by atoms with Gasteiger partial charge in [-0.1, -0.05) is 19.8 Å². The Kier molecular flexibility index (Phi) is 6.44. The summed E-state index contributed by atoms with van der Waals surface area (Å²) in [4.78, 5) is 16.1. The minimum absolute atomic E-state index is 0.0262. The molecule has 0 aliphatic heterocycles. The molecule has 0 saturated carbocycles. The molecule has 0 spiro atoms. The third kappa shape index (κ3) is 4.98. The van der Waals surface area contributed by atoms with Crippen LogP contribution in [0.25, 0.3) is 11.0 Å². The second-order valence-electron chi connectivity index (χ2n) is 6.17. The number of furan rings is 1. The van der Waals surface area contributed by atoms with Crippen molar-refractivity contribution in [1.82, 2.24) is 10.3 Å². The van der Waals surface area contributed by atoms with Gasteiger partial charge in [0.05, 0.1) is 24.4 Å². The molecule has 1 aromatic carbocycles. The van der Waals surface area contributed by atoms with Crippen molar-refractivity contribution in [3.8, 4) is 11.5 Å². The number of amides is 1. The summed E-state index contributed by atoms with van der Waals surface area (Å²) in [5.74, 6) is 0.229. The number of aromatic nitrogens is 1. The third-order valence-electron chi connectivity index (χ3n) is 4.01. The van der Waals surface area contributed by atoms with Crippen molar-refractivity contribution in [2.24, 2.45) is 0 Å². The average molecular weight is 399 g/mol.